The Hall–Kier alpha value is -3.50. The maximum Gasteiger partial charge on any atom is 0.331 e. The molecule has 2 aromatic carbocycles. The van der Waals surface area contributed by atoms with Crippen LogP contribution >= 0.6 is 0 Å². The van der Waals surface area contributed by atoms with Crippen LogP contribution in [0.15, 0.2) is 48.5 Å². The first-order valence-corrected chi connectivity index (χ1v) is 8.54. The van der Waals surface area contributed by atoms with E-state index in [0.717, 1.165) is 5.56 Å². The van der Waals surface area contributed by atoms with Crippen LogP contribution in [0.1, 0.15) is 22.8 Å². The predicted octanol–water partition coefficient (Wildman–Crippen LogP) is 1.35. The number of nitrogen functional groups attached to an aromatic ring is 1. The summed E-state index contributed by atoms with van der Waals surface area (Å²) in [7, 11) is 1.19. The molecular formula is C21H22N2O5. The highest BCUT2D eigenvalue weighted by Crippen LogP contribution is 2.12. The smallest absolute Gasteiger partial charge is 0.331 e. The van der Waals surface area contributed by atoms with E-state index >= 15 is 0 Å². The zero-order valence-electron chi connectivity index (χ0n) is 15.6. The molecule has 0 unspecified atom stereocenters. The molecule has 0 aliphatic heterocycles. The Kier molecular flexibility index (Phi) is 7.43. The van der Waals surface area contributed by atoms with Crippen molar-refractivity contribution in [1.82, 2.24) is 5.32 Å². The van der Waals surface area contributed by atoms with Gasteiger partial charge in [-0.15, -0.1) is 0 Å². The third-order valence-electron chi connectivity index (χ3n) is 3.80. The van der Waals surface area contributed by atoms with Gasteiger partial charge in [0.05, 0.1) is 13.2 Å². The first-order chi connectivity index (χ1) is 13.4. The third kappa shape index (κ3) is 6.04. The molecule has 2 rings (SSSR count). The molecule has 1 amide bonds. The minimum atomic E-state index is -1.14. The minimum Gasteiger partial charge on any atom is -0.481 e. The van der Waals surface area contributed by atoms with Crippen LogP contribution in [0.25, 0.3) is 0 Å². The lowest BCUT2D eigenvalue weighted by Crippen LogP contribution is -2.48. The van der Waals surface area contributed by atoms with Crippen molar-refractivity contribution in [2.75, 3.05) is 19.5 Å². The zero-order valence-corrected chi connectivity index (χ0v) is 15.6. The van der Waals surface area contributed by atoms with Crippen molar-refractivity contribution >= 4 is 17.6 Å². The van der Waals surface area contributed by atoms with E-state index in [-0.39, 0.29) is 6.61 Å². The second-order valence-electron chi connectivity index (χ2n) is 5.95. The van der Waals surface area contributed by atoms with Crippen molar-refractivity contribution in [3.8, 4) is 17.6 Å². The number of carbonyl (C=O) groups excluding carboxylic acids is 2. The molecule has 0 spiro atoms. The van der Waals surface area contributed by atoms with Crippen molar-refractivity contribution in [3.05, 3.63) is 59.7 Å². The summed E-state index contributed by atoms with van der Waals surface area (Å²) in [5, 5.41) is 12.1. The number of anilines is 1. The molecule has 2 aromatic rings. The summed E-state index contributed by atoms with van der Waals surface area (Å²) in [5.41, 5.74) is 7.45. The van der Waals surface area contributed by atoms with Crippen molar-refractivity contribution in [3.63, 3.8) is 0 Å². The van der Waals surface area contributed by atoms with Gasteiger partial charge in [-0.1, -0.05) is 11.8 Å². The molecule has 28 heavy (non-hydrogen) atoms. The standard InChI is InChI=1S/C21H22N2O5/c1-14(24)19(21(26)27-2)23-20(25)16-7-11-18(12-8-16)28-13-3-4-15-5-9-17(22)10-6-15/h5-12,14,19,24H,13,22H2,1-2H3,(H,23,25)/t14-,19+/m1/s1. The summed E-state index contributed by atoms with van der Waals surface area (Å²) >= 11 is 0. The van der Waals surface area contributed by atoms with Crippen LogP contribution in [0.4, 0.5) is 5.69 Å². The van der Waals surface area contributed by atoms with Crippen LogP contribution in [0, 0.1) is 11.8 Å². The van der Waals surface area contributed by atoms with Crippen molar-refractivity contribution in [2.24, 2.45) is 0 Å². The van der Waals surface area contributed by atoms with Gasteiger partial charge in [0.1, 0.15) is 12.4 Å². The Morgan fingerprint density at radius 3 is 2.36 bits per heavy atom. The number of rotatable bonds is 6. The number of hydrogen-bond acceptors (Lipinski definition) is 6. The molecule has 0 aliphatic rings. The third-order valence-corrected chi connectivity index (χ3v) is 3.80. The lowest BCUT2D eigenvalue weighted by molar-refractivity contribution is -0.145. The van der Waals surface area contributed by atoms with Crippen LogP contribution in [-0.2, 0) is 9.53 Å². The Labute approximate surface area is 163 Å². The number of esters is 1. The van der Waals surface area contributed by atoms with E-state index in [2.05, 4.69) is 21.9 Å². The van der Waals surface area contributed by atoms with E-state index in [1.807, 2.05) is 12.1 Å². The number of amides is 1. The predicted molar refractivity (Wildman–Crippen MR) is 105 cm³/mol. The Morgan fingerprint density at radius 2 is 1.79 bits per heavy atom. The van der Waals surface area contributed by atoms with Crippen LogP contribution in [0.3, 0.4) is 0 Å². The molecule has 7 nitrogen and oxygen atoms in total. The SMILES string of the molecule is COC(=O)[C@@H](NC(=O)c1ccc(OCC#Cc2ccc(N)cc2)cc1)[C@@H](C)O. The van der Waals surface area contributed by atoms with Crippen LogP contribution in [0.2, 0.25) is 0 Å². The van der Waals surface area contributed by atoms with Gasteiger partial charge in [0.2, 0.25) is 0 Å². The summed E-state index contributed by atoms with van der Waals surface area (Å²) < 4.78 is 10.1. The van der Waals surface area contributed by atoms with Gasteiger partial charge in [0.15, 0.2) is 6.04 Å². The quantitative estimate of drug-likeness (QED) is 0.395. The van der Waals surface area contributed by atoms with Crippen LogP contribution in [0.5, 0.6) is 5.75 Å². The average molecular weight is 382 g/mol. The second-order valence-corrected chi connectivity index (χ2v) is 5.95. The molecule has 0 saturated carbocycles. The maximum atomic E-state index is 12.2. The van der Waals surface area contributed by atoms with Crippen LogP contribution in [-0.4, -0.2) is 42.8 Å². The van der Waals surface area contributed by atoms with E-state index < -0.39 is 24.0 Å². The topological polar surface area (TPSA) is 111 Å². The van der Waals surface area contributed by atoms with Crippen molar-refractivity contribution in [2.45, 2.75) is 19.1 Å². The fourth-order valence-corrected chi connectivity index (χ4v) is 2.25. The van der Waals surface area contributed by atoms with Gasteiger partial charge < -0.3 is 25.6 Å². The highest BCUT2D eigenvalue weighted by Gasteiger charge is 2.26. The lowest BCUT2D eigenvalue weighted by atomic mass is 10.1. The summed E-state index contributed by atoms with van der Waals surface area (Å²) in [5.74, 6) is 5.17. The molecule has 0 heterocycles. The Bertz CT molecular complexity index is 864. The molecule has 0 fully saturated rings. The average Bonchev–Trinajstić information content (AvgIpc) is 2.70. The van der Waals surface area contributed by atoms with E-state index in [0.29, 0.717) is 17.0 Å². The van der Waals surface area contributed by atoms with Gasteiger partial charge in [-0.25, -0.2) is 4.79 Å². The van der Waals surface area contributed by atoms with Gasteiger partial charge in [0, 0.05) is 16.8 Å². The van der Waals surface area contributed by atoms with Gasteiger partial charge >= 0.3 is 5.97 Å². The van der Waals surface area contributed by atoms with E-state index in [1.54, 1.807) is 36.4 Å². The number of aliphatic hydroxyl groups excluding tert-OH is 1. The number of carbonyl (C=O) groups is 2. The number of methoxy groups -OCH3 is 1. The monoisotopic (exact) mass is 382 g/mol. The van der Waals surface area contributed by atoms with Crippen molar-refractivity contribution < 1.29 is 24.2 Å². The molecule has 0 aromatic heterocycles. The van der Waals surface area contributed by atoms with Gasteiger partial charge in [0.25, 0.3) is 5.91 Å². The molecule has 0 aliphatic carbocycles. The summed E-state index contributed by atoms with van der Waals surface area (Å²) in [4.78, 5) is 23.8. The second kappa shape index (κ2) is 10.00. The summed E-state index contributed by atoms with van der Waals surface area (Å²) in [6, 6.07) is 12.4. The Morgan fingerprint density at radius 1 is 1.14 bits per heavy atom. The normalized spacial score (nSPS) is 12.1. The Balaban J connectivity index is 1.91. The zero-order chi connectivity index (χ0) is 20.5. The highest BCUT2D eigenvalue weighted by molar-refractivity contribution is 5.97. The number of hydrogen-bond donors (Lipinski definition) is 3. The summed E-state index contributed by atoms with van der Waals surface area (Å²) in [6.45, 7) is 1.58. The van der Waals surface area contributed by atoms with Crippen LogP contribution < -0.4 is 15.8 Å². The van der Waals surface area contributed by atoms with E-state index in [1.165, 1.54) is 14.0 Å². The number of benzene rings is 2. The summed E-state index contributed by atoms with van der Waals surface area (Å²) in [6.07, 6.45) is -1.08. The molecular weight excluding hydrogens is 360 g/mol. The first kappa shape index (κ1) is 20.8. The molecule has 0 bridgehead atoms. The largest absolute Gasteiger partial charge is 0.481 e. The number of nitrogens with one attached hydrogen (secondary N) is 1. The fraction of sp³-hybridized carbons (Fsp3) is 0.238. The number of nitrogens with two attached hydrogens (primary N) is 1. The molecule has 4 N–H and O–H groups in total. The van der Waals surface area contributed by atoms with Gasteiger partial charge in [-0.2, -0.15) is 0 Å². The molecule has 146 valence electrons. The van der Waals surface area contributed by atoms with Gasteiger partial charge in [-0.05, 0) is 55.5 Å². The molecule has 0 saturated heterocycles. The molecule has 2 atom stereocenters. The van der Waals surface area contributed by atoms with E-state index in [4.69, 9.17) is 10.5 Å². The molecule has 0 radical (unpaired) electrons. The highest BCUT2D eigenvalue weighted by atomic mass is 16.5. The van der Waals surface area contributed by atoms with E-state index in [9.17, 15) is 14.7 Å². The maximum absolute atomic E-state index is 12.2. The minimum absolute atomic E-state index is 0.183. The van der Waals surface area contributed by atoms with Gasteiger partial charge in [-0.3, -0.25) is 4.79 Å². The fourth-order valence-electron chi connectivity index (χ4n) is 2.25. The number of ether oxygens (including phenoxy) is 2. The van der Waals surface area contributed by atoms with Crippen molar-refractivity contribution in [1.29, 1.82) is 0 Å². The first-order valence-electron chi connectivity index (χ1n) is 8.54. The number of aliphatic hydroxyl groups is 1. The lowest BCUT2D eigenvalue weighted by Gasteiger charge is -2.18. The molecule has 7 heteroatoms.